The fourth-order valence-corrected chi connectivity index (χ4v) is 3.63. The normalized spacial score (nSPS) is 13.1. The Balaban J connectivity index is 2.20. The topological polar surface area (TPSA) is 72.7 Å². The van der Waals surface area contributed by atoms with Crippen LogP contribution < -0.4 is 9.64 Å². The minimum absolute atomic E-state index is 0.133. The molecule has 0 unspecified atom stereocenters. The number of carbonyl (C=O) groups excluding carboxylic acids is 1. The summed E-state index contributed by atoms with van der Waals surface area (Å²) >= 11 is 0. The summed E-state index contributed by atoms with van der Waals surface area (Å²) in [6, 6.07) is 18.4. The fourth-order valence-electron chi connectivity index (χ4n) is 3.63. The zero-order chi connectivity index (χ0) is 24.0. The molecule has 3 aromatic carbocycles. The third kappa shape index (κ3) is 5.68. The first kappa shape index (κ1) is 23.8. The SMILES string of the molecule is COc1ccc(N(C(=O)C(F)(F)F)[C@@H](c2ccccc2)[C@@H](Cc2ccccc2)[N+](=O)[O-])cc1. The van der Waals surface area contributed by atoms with Crippen LogP contribution in [0.15, 0.2) is 84.9 Å². The highest BCUT2D eigenvalue weighted by atomic mass is 19.4. The first-order chi connectivity index (χ1) is 15.7. The van der Waals surface area contributed by atoms with Crippen molar-refractivity contribution < 1.29 is 27.6 Å². The summed E-state index contributed by atoms with van der Waals surface area (Å²) in [5.41, 5.74) is 0.643. The van der Waals surface area contributed by atoms with Crippen molar-refractivity contribution in [3.8, 4) is 5.75 Å². The van der Waals surface area contributed by atoms with Crippen molar-refractivity contribution in [2.45, 2.75) is 24.7 Å². The van der Waals surface area contributed by atoms with Crippen molar-refractivity contribution in [2.24, 2.45) is 0 Å². The van der Waals surface area contributed by atoms with Crippen LogP contribution in [0.25, 0.3) is 0 Å². The summed E-state index contributed by atoms with van der Waals surface area (Å²) in [5.74, 6) is -1.83. The van der Waals surface area contributed by atoms with Crippen LogP contribution in [0.2, 0.25) is 0 Å². The maximum absolute atomic E-state index is 13.7. The Hall–Kier alpha value is -3.88. The molecule has 3 rings (SSSR count). The predicted molar refractivity (Wildman–Crippen MR) is 117 cm³/mol. The molecule has 9 heteroatoms. The summed E-state index contributed by atoms with van der Waals surface area (Å²) in [5, 5.41) is 12.2. The number of benzene rings is 3. The maximum Gasteiger partial charge on any atom is 0.471 e. The third-order valence-electron chi connectivity index (χ3n) is 5.15. The lowest BCUT2D eigenvalue weighted by atomic mass is 9.92. The zero-order valence-electron chi connectivity index (χ0n) is 17.6. The Morgan fingerprint density at radius 3 is 2.00 bits per heavy atom. The summed E-state index contributed by atoms with van der Waals surface area (Å²) in [7, 11) is 1.39. The Morgan fingerprint density at radius 1 is 0.970 bits per heavy atom. The number of hydrogen-bond donors (Lipinski definition) is 0. The number of halogens is 3. The van der Waals surface area contributed by atoms with Crippen LogP contribution in [-0.2, 0) is 11.2 Å². The van der Waals surface area contributed by atoms with Crippen molar-refractivity contribution >= 4 is 11.6 Å². The Morgan fingerprint density at radius 2 is 1.52 bits per heavy atom. The number of amides is 1. The van der Waals surface area contributed by atoms with Crippen molar-refractivity contribution in [1.82, 2.24) is 0 Å². The minimum Gasteiger partial charge on any atom is -0.497 e. The van der Waals surface area contributed by atoms with Gasteiger partial charge in [0.1, 0.15) is 11.8 Å². The van der Waals surface area contributed by atoms with E-state index in [-0.39, 0.29) is 17.7 Å². The molecular weight excluding hydrogens is 437 g/mol. The molecule has 0 saturated heterocycles. The quantitative estimate of drug-likeness (QED) is 0.343. The summed E-state index contributed by atoms with van der Waals surface area (Å²) in [6.45, 7) is 0. The summed E-state index contributed by atoms with van der Waals surface area (Å²) in [4.78, 5) is 24.7. The number of rotatable bonds is 8. The van der Waals surface area contributed by atoms with E-state index in [1.54, 1.807) is 48.5 Å². The number of carbonyl (C=O) groups is 1. The number of alkyl halides is 3. The molecule has 0 aliphatic heterocycles. The van der Waals surface area contributed by atoms with Crippen LogP contribution in [0.3, 0.4) is 0 Å². The number of methoxy groups -OCH3 is 1. The average Bonchev–Trinajstić information content (AvgIpc) is 2.81. The highest BCUT2D eigenvalue weighted by Crippen LogP contribution is 2.37. The standard InChI is InChI=1S/C24H21F3N2O4/c1-33-20-14-12-19(13-15-20)28(23(30)24(25,26)27)22(18-10-6-3-7-11-18)21(29(31)32)16-17-8-4-2-5-9-17/h2-15,21-22H,16H2,1H3/t21-,22+/m1/s1. The highest BCUT2D eigenvalue weighted by Gasteiger charge is 2.49. The van der Waals surface area contributed by atoms with Gasteiger partial charge in [-0.3, -0.25) is 19.8 Å². The van der Waals surface area contributed by atoms with E-state index < -0.39 is 29.1 Å². The second-order valence-electron chi connectivity index (χ2n) is 7.27. The second-order valence-corrected chi connectivity index (χ2v) is 7.27. The molecule has 0 saturated carbocycles. The molecule has 2 atom stereocenters. The third-order valence-corrected chi connectivity index (χ3v) is 5.15. The smallest absolute Gasteiger partial charge is 0.471 e. The Labute approximate surface area is 188 Å². The molecule has 0 aliphatic rings. The van der Waals surface area contributed by atoms with E-state index in [0.717, 1.165) is 0 Å². The van der Waals surface area contributed by atoms with Crippen LogP contribution >= 0.6 is 0 Å². The van der Waals surface area contributed by atoms with Gasteiger partial charge in [-0.25, -0.2) is 0 Å². The molecule has 6 nitrogen and oxygen atoms in total. The largest absolute Gasteiger partial charge is 0.497 e. The number of ether oxygens (including phenoxy) is 1. The van der Waals surface area contributed by atoms with Gasteiger partial charge in [0, 0.05) is 17.0 Å². The molecule has 0 fully saturated rings. The molecule has 0 aromatic heterocycles. The number of hydrogen-bond acceptors (Lipinski definition) is 4. The molecular formula is C24H21F3N2O4. The van der Waals surface area contributed by atoms with E-state index in [1.165, 1.54) is 43.5 Å². The van der Waals surface area contributed by atoms with Gasteiger partial charge in [-0.2, -0.15) is 13.2 Å². The first-order valence-corrected chi connectivity index (χ1v) is 9.99. The van der Waals surface area contributed by atoms with E-state index in [0.29, 0.717) is 16.2 Å². The molecule has 172 valence electrons. The highest BCUT2D eigenvalue weighted by molar-refractivity contribution is 5.98. The number of nitrogens with zero attached hydrogens (tertiary/aromatic N) is 2. The minimum atomic E-state index is -5.25. The van der Waals surface area contributed by atoms with Gasteiger partial charge in [-0.1, -0.05) is 60.7 Å². The van der Waals surface area contributed by atoms with E-state index in [1.807, 2.05) is 0 Å². The zero-order valence-corrected chi connectivity index (χ0v) is 17.6. The molecule has 0 aliphatic carbocycles. The van der Waals surface area contributed by atoms with E-state index in [2.05, 4.69) is 0 Å². The van der Waals surface area contributed by atoms with E-state index >= 15 is 0 Å². The van der Waals surface area contributed by atoms with Gasteiger partial charge >= 0.3 is 12.1 Å². The summed E-state index contributed by atoms with van der Waals surface area (Å²) < 4.78 is 46.2. The molecule has 1 amide bonds. The Kier molecular flexibility index (Phi) is 7.32. The van der Waals surface area contributed by atoms with Crippen LogP contribution in [0, 0.1) is 10.1 Å². The fraction of sp³-hybridized carbons (Fsp3) is 0.208. The van der Waals surface area contributed by atoms with Crippen molar-refractivity contribution in [3.63, 3.8) is 0 Å². The van der Waals surface area contributed by atoms with E-state index in [4.69, 9.17) is 4.74 Å². The summed E-state index contributed by atoms with van der Waals surface area (Å²) in [6.07, 6.45) is -5.42. The van der Waals surface area contributed by atoms with Gasteiger partial charge in [0.25, 0.3) is 0 Å². The van der Waals surface area contributed by atoms with Crippen molar-refractivity contribution in [2.75, 3.05) is 12.0 Å². The van der Waals surface area contributed by atoms with Gasteiger partial charge in [-0.15, -0.1) is 0 Å². The maximum atomic E-state index is 13.7. The first-order valence-electron chi connectivity index (χ1n) is 9.99. The molecule has 3 aromatic rings. The van der Waals surface area contributed by atoms with Gasteiger partial charge in [0.05, 0.1) is 7.11 Å². The van der Waals surface area contributed by atoms with E-state index in [9.17, 15) is 28.1 Å². The molecule has 0 bridgehead atoms. The molecule has 0 radical (unpaired) electrons. The molecule has 0 heterocycles. The van der Waals surface area contributed by atoms with Crippen molar-refractivity contribution in [1.29, 1.82) is 0 Å². The second kappa shape index (κ2) is 10.2. The van der Waals surface area contributed by atoms with Crippen LogP contribution in [0.1, 0.15) is 17.2 Å². The van der Waals surface area contributed by atoms with Gasteiger partial charge in [0.15, 0.2) is 0 Å². The molecule has 0 N–H and O–H groups in total. The molecule has 33 heavy (non-hydrogen) atoms. The van der Waals surface area contributed by atoms with Crippen LogP contribution in [0.4, 0.5) is 18.9 Å². The monoisotopic (exact) mass is 458 g/mol. The lowest BCUT2D eigenvalue weighted by Crippen LogP contribution is -2.49. The van der Waals surface area contributed by atoms with Gasteiger partial charge in [0.2, 0.25) is 6.04 Å². The van der Waals surface area contributed by atoms with Crippen LogP contribution in [0.5, 0.6) is 5.75 Å². The Bertz CT molecular complexity index is 1070. The number of nitro groups is 1. The van der Waals surface area contributed by atoms with Gasteiger partial charge < -0.3 is 4.74 Å². The van der Waals surface area contributed by atoms with Gasteiger partial charge in [-0.05, 0) is 35.4 Å². The van der Waals surface area contributed by atoms with Crippen LogP contribution in [-0.4, -0.2) is 30.2 Å². The lowest BCUT2D eigenvalue weighted by molar-refractivity contribution is -0.526. The average molecular weight is 458 g/mol. The molecule has 0 spiro atoms. The number of anilines is 1. The van der Waals surface area contributed by atoms with Crippen molar-refractivity contribution in [3.05, 3.63) is 106 Å². The predicted octanol–water partition coefficient (Wildman–Crippen LogP) is 5.22. The lowest BCUT2D eigenvalue weighted by Gasteiger charge is -2.34.